The Labute approximate surface area is 118 Å². The summed E-state index contributed by atoms with van der Waals surface area (Å²) in [5.74, 6) is 1.30. The molecule has 0 amide bonds. The molecule has 3 nitrogen and oxygen atoms in total. The van der Waals surface area contributed by atoms with E-state index in [-0.39, 0.29) is 6.04 Å². The van der Waals surface area contributed by atoms with E-state index in [1.54, 1.807) is 11.8 Å². The van der Waals surface area contributed by atoms with Crippen molar-refractivity contribution >= 4 is 17.6 Å². The maximum absolute atomic E-state index is 4.22. The Morgan fingerprint density at radius 3 is 2.26 bits per heavy atom. The fraction of sp³-hybridized carbons (Fsp3) is 0.333. The Kier molecular flexibility index (Phi) is 4.80. The highest BCUT2D eigenvalue weighted by Gasteiger charge is 2.15. The summed E-state index contributed by atoms with van der Waals surface area (Å²) >= 11 is 1.60. The molecule has 2 rings (SSSR count). The molecule has 0 spiro atoms. The van der Waals surface area contributed by atoms with Crippen molar-refractivity contribution in [1.29, 1.82) is 0 Å². The number of nitrogens with one attached hydrogen (secondary N) is 1. The van der Waals surface area contributed by atoms with Crippen LogP contribution in [0, 0.1) is 5.92 Å². The molecule has 100 valence electrons. The van der Waals surface area contributed by atoms with Crippen molar-refractivity contribution in [2.45, 2.75) is 24.9 Å². The third kappa shape index (κ3) is 3.70. The van der Waals surface area contributed by atoms with Gasteiger partial charge in [0.05, 0.1) is 6.04 Å². The molecular weight excluding hydrogens is 254 g/mol. The number of thioether (sulfide) groups is 1. The van der Waals surface area contributed by atoms with Gasteiger partial charge in [-0.1, -0.05) is 44.2 Å². The second-order valence-electron chi connectivity index (χ2n) is 4.74. The van der Waals surface area contributed by atoms with Crippen molar-refractivity contribution in [2.75, 3.05) is 11.6 Å². The molecule has 19 heavy (non-hydrogen) atoms. The predicted octanol–water partition coefficient (Wildman–Crippen LogP) is 4.01. The maximum atomic E-state index is 4.22. The van der Waals surface area contributed by atoms with Gasteiger partial charge < -0.3 is 5.32 Å². The summed E-state index contributed by atoms with van der Waals surface area (Å²) in [6, 6.07) is 14.7. The quantitative estimate of drug-likeness (QED) is 0.835. The van der Waals surface area contributed by atoms with Crippen LogP contribution < -0.4 is 5.32 Å². The minimum absolute atomic E-state index is 0.246. The molecule has 1 aromatic heterocycles. The molecule has 1 heterocycles. The first-order valence-electron chi connectivity index (χ1n) is 6.40. The lowest BCUT2D eigenvalue weighted by atomic mass is 9.96. The zero-order valence-corrected chi connectivity index (χ0v) is 12.3. The standard InChI is InChI=1S/C15H19N3S/c1-11(2)15(12-7-5-4-6-8-12)16-13-9-10-14(19-3)18-17-13/h4-11,15H,1-3H3,(H,16,17). The van der Waals surface area contributed by atoms with Gasteiger partial charge >= 0.3 is 0 Å². The Morgan fingerprint density at radius 2 is 1.74 bits per heavy atom. The molecule has 0 saturated heterocycles. The highest BCUT2D eigenvalue weighted by atomic mass is 32.2. The van der Waals surface area contributed by atoms with Crippen LogP contribution in [0.1, 0.15) is 25.5 Å². The summed E-state index contributed by atoms with van der Waals surface area (Å²) in [5.41, 5.74) is 1.27. The van der Waals surface area contributed by atoms with E-state index in [9.17, 15) is 0 Å². The van der Waals surface area contributed by atoms with Gasteiger partial charge in [-0.3, -0.25) is 0 Å². The Hall–Kier alpha value is -1.55. The van der Waals surface area contributed by atoms with E-state index < -0.39 is 0 Å². The molecule has 1 atom stereocenters. The van der Waals surface area contributed by atoms with Gasteiger partial charge in [0.25, 0.3) is 0 Å². The molecule has 0 aliphatic rings. The number of hydrogen-bond acceptors (Lipinski definition) is 4. The van der Waals surface area contributed by atoms with Crippen molar-refractivity contribution in [2.24, 2.45) is 5.92 Å². The van der Waals surface area contributed by atoms with Crippen LogP contribution in [-0.2, 0) is 0 Å². The molecule has 0 aliphatic heterocycles. The van der Waals surface area contributed by atoms with E-state index >= 15 is 0 Å². The average Bonchev–Trinajstić information content (AvgIpc) is 2.46. The van der Waals surface area contributed by atoms with E-state index in [2.05, 4.69) is 53.6 Å². The number of benzene rings is 1. The lowest BCUT2D eigenvalue weighted by Gasteiger charge is -2.23. The van der Waals surface area contributed by atoms with Crippen molar-refractivity contribution in [3.05, 3.63) is 48.0 Å². The van der Waals surface area contributed by atoms with E-state index in [0.29, 0.717) is 5.92 Å². The number of nitrogens with zero attached hydrogens (tertiary/aromatic N) is 2. The summed E-state index contributed by atoms with van der Waals surface area (Å²) in [6.45, 7) is 4.41. The summed E-state index contributed by atoms with van der Waals surface area (Å²) in [6.07, 6.45) is 2.00. The summed E-state index contributed by atoms with van der Waals surface area (Å²) in [4.78, 5) is 0. The minimum Gasteiger partial charge on any atom is -0.362 e. The van der Waals surface area contributed by atoms with E-state index in [0.717, 1.165) is 10.8 Å². The molecule has 0 radical (unpaired) electrons. The first kappa shape index (κ1) is 13.9. The van der Waals surface area contributed by atoms with Gasteiger partial charge in [0.15, 0.2) is 0 Å². The van der Waals surface area contributed by atoms with Crippen LogP contribution in [0.15, 0.2) is 47.5 Å². The zero-order valence-electron chi connectivity index (χ0n) is 11.5. The van der Waals surface area contributed by atoms with E-state index in [4.69, 9.17) is 0 Å². The lowest BCUT2D eigenvalue weighted by molar-refractivity contribution is 0.543. The van der Waals surface area contributed by atoms with Gasteiger partial charge in [0.1, 0.15) is 10.8 Å². The van der Waals surface area contributed by atoms with Crippen LogP contribution in [-0.4, -0.2) is 16.5 Å². The van der Waals surface area contributed by atoms with E-state index in [1.165, 1.54) is 5.56 Å². The second kappa shape index (κ2) is 6.57. The monoisotopic (exact) mass is 273 g/mol. The van der Waals surface area contributed by atoms with Crippen LogP contribution in [0.25, 0.3) is 0 Å². The van der Waals surface area contributed by atoms with E-state index in [1.807, 2.05) is 24.5 Å². The van der Waals surface area contributed by atoms with Gasteiger partial charge in [0, 0.05) is 0 Å². The Balaban J connectivity index is 2.17. The van der Waals surface area contributed by atoms with Crippen molar-refractivity contribution in [1.82, 2.24) is 10.2 Å². The van der Waals surface area contributed by atoms with Gasteiger partial charge in [0.2, 0.25) is 0 Å². The highest BCUT2D eigenvalue weighted by Crippen LogP contribution is 2.25. The molecule has 0 bridgehead atoms. The van der Waals surface area contributed by atoms with Gasteiger partial charge in [-0.15, -0.1) is 22.0 Å². The third-order valence-corrected chi connectivity index (χ3v) is 3.61. The molecule has 0 saturated carbocycles. The first-order chi connectivity index (χ1) is 9.20. The largest absolute Gasteiger partial charge is 0.362 e. The molecule has 1 N–H and O–H groups in total. The predicted molar refractivity (Wildman–Crippen MR) is 81.5 cm³/mol. The van der Waals surface area contributed by atoms with Crippen molar-refractivity contribution in [3.63, 3.8) is 0 Å². The molecule has 0 fully saturated rings. The highest BCUT2D eigenvalue weighted by molar-refractivity contribution is 7.98. The van der Waals surface area contributed by atoms with Crippen LogP contribution in [0.4, 0.5) is 5.82 Å². The van der Waals surface area contributed by atoms with Crippen molar-refractivity contribution < 1.29 is 0 Å². The number of rotatable bonds is 5. The van der Waals surface area contributed by atoms with Crippen LogP contribution in [0.3, 0.4) is 0 Å². The molecular formula is C15H19N3S. The van der Waals surface area contributed by atoms with Crippen molar-refractivity contribution in [3.8, 4) is 0 Å². The smallest absolute Gasteiger partial charge is 0.149 e. The summed E-state index contributed by atoms with van der Waals surface area (Å²) < 4.78 is 0. The molecule has 1 aromatic carbocycles. The normalized spacial score (nSPS) is 12.4. The number of hydrogen-bond donors (Lipinski definition) is 1. The van der Waals surface area contributed by atoms with Gasteiger partial charge in [-0.05, 0) is 29.9 Å². The average molecular weight is 273 g/mol. The minimum atomic E-state index is 0.246. The summed E-state index contributed by atoms with van der Waals surface area (Å²) in [5, 5.41) is 12.8. The van der Waals surface area contributed by atoms with Crippen LogP contribution in [0.5, 0.6) is 0 Å². The van der Waals surface area contributed by atoms with Crippen LogP contribution in [0.2, 0.25) is 0 Å². The van der Waals surface area contributed by atoms with Crippen LogP contribution >= 0.6 is 11.8 Å². The van der Waals surface area contributed by atoms with Gasteiger partial charge in [-0.2, -0.15) is 0 Å². The zero-order chi connectivity index (χ0) is 13.7. The first-order valence-corrected chi connectivity index (χ1v) is 7.62. The molecule has 0 aliphatic carbocycles. The second-order valence-corrected chi connectivity index (χ2v) is 5.56. The number of aromatic nitrogens is 2. The number of anilines is 1. The molecule has 4 heteroatoms. The Bertz CT molecular complexity index is 497. The molecule has 2 aromatic rings. The lowest BCUT2D eigenvalue weighted by Crippen LogP contribution is -2.17. The summed E-state index contributed by atoms with van der Waals surface area (Å²) in [7, 11) is 0. The molecule has 1 unspecified atom stereocenters. The fourth-order valence-corrected chi connectivity index (χ4v) is 2.29. The van der Waals surface area contributed by atoms with Gasteiger partial charge in [-0.25, -0.2) is 0 Å². The third-order valence-electron chi connectivity index (χ3n) is 2.98. The fourth-order valence-electron chi connectivity index (χ4n) is 1.96. The SMILES string of the molecule is CSc1ccc(NC(c2ccccc2)C(C)C)nn1. The topological polar surface area (TPSA) is 37.8 Å². The maximum Gasteiger partial charge on any atom is 0.149 e. The Morgan fingerprint density at radius 1 is 1.00 bits per heavy atom.